The number of halogens is 2. The van der Waals surface area contributed by atoms with Crippen LogP contribution in [0.25, 0.3) is 11.5 Å². The van der Waals surface area contributed by atoms with Gasteiger partial charge in [-0.2, -0.15) is 0 Å². The highest BCUT2D eigenvalue weighted by Gasteiger charge is 2.27. The number of nitrogens with zero attached hydrogens (tertiary/aromatic N) is 1. The van der Waals surface area contributed by atoms with Crippen LogP contribution in [0.3, 0.4) is 0 Å². The van der Waals surface area contributed by atoms with Gasteiger partial charge in [-0.25, -0.2) is 4.98 Å². The highest BCUT2D eigenvalue weighted by Crippen LogP contribution is 2.27. The lowest BCUT2D eigenvalue weighted by Gasteiger charge is -2.34. The minimum absolute atomic E-state index is 0. The van der Waals surface area contributed by atoms with Crippen LogP contribution >= 0.6 is 24.8 Å². The zero-order chi connectivity index (χ0) is 16.3. The summed E-state index contributed by atoms with van der Waals surface area (Å²) in [4.78, 5) is 16.9. The predicted octanol–water partition coefficient (Wildman–Crippen LogP) is 3.61. The number of carbonyl (C=O) groups excluding carboxylic acids is 1. The number of piperidine rings is 1. The highest BCUT2D eigenvalue weighted by molar-refractivity contribution is 5.95. The van der Waals surface area contributed by atoms with Gasteiger partial charge in [-0.05, 0) is 62.5 Å². The number of carbonyl (C=O) groups is 1. The minimum atomic E-state index is -0.0549. The molecule has 5 nitrogen and oxygen atoms in total. The van der Waals surface area contributed by atoms with E-state index in [9.17, 15) is 4.79 Å². The van der Waals surface area contributed by atoms with Gasteiger partial charge in [-0.3, -0.25) is 4.79 Å². The molecule has 0 spiro atoms. The lowest BCUT2D eigenvalue weighted by molar-refractivity contribution is 0.0921. The van der Waals surface area contributed by atoms with E-state index in [0.29, 0.717) is 23.6 Å². The second-order valence-corrected chi connectivity index (χ2v) is 6.55. The van der Waals surface area contributed by atoms with E-state index < -0.39 is 0 Å². The van der Waals surface area contributed by atoms with Gasteiger partial charge in [0.15, 0.2) is 5.76 Å². The quantitative estimate of drug-likeness (QED) is 0.843. The first-order valence-electron chi connectivity index (χ1n) is 8.08. The Kier molecular flexibility index (Phi) is 7.93. The summed E-state index contributed by atoms with van der Waals surface area (Å²) in [7, 11) is 0. The molecule has 0 unspecified atom stereocenters. The molecule has 0 aromatic carbocycles. The van der Waals surface area contributed by atoms with Crippen molar-refractivity contribution in [3.05, 3.63) is 41.8 Å². The molecule has 0 bridgehead atoms. The van der Waals surface area contributed by atoms with Gasteiger partial charge in [-0.1, -0.05) is 6.92 Å². The maximum atomic E-state index is 12.5. The summed E-state index contributed by atoms with van der Waals surface area (Å²) < 4.78 is 5.35. The summed E-state index contributed by atoms with van der Waals surface area (Å²) in [5.74, 6) is 0.656. The van der Waals surface area contributed by atoms with Gasteiger partial charge in [0.25, 0.3) is 5.91 Å². The van der Waals surface area contributed by atoms with E-state index in [-0.39, 0.29) is 36.1 Å². The fourth-order valence-electron chi connectivity index (χ4n) is 2.96. The summed E-state index contributed by atoms with van der Waals surface area (Å²) in [5, 5.41) is 6.43. The van der Waals surface area contributed by atoms with Crippen LogP contribution < -0.4 is 10.6 Å². The van der Waals surface area contributed by atoms with Crippen LogP contribution in [0.5, 0.6) is 0 Å². The van der Waals surface area contributed by atoms with Crippen molar-refractivity contribution in [1.82, 2.24) is 15.6 Å². The molecule has 0 atom stereocenters. The molecule has 3 heterocycles. The second-order valence-electron chi connectivity index (χ2n) is 6.55. The van der Waals surface area contributed by atoms with Crippen molar-refractivity contribution in [1.29, 1.82) is 0 Å². The minimum Gasteiger partial charge on any atom is -0.463 e. The number of hydrogen-bond acceptors (Lipinski definition) is 4. The Morgan fingerprint density at radius 1 is 1.28 bits per heavy atom. The third-order valence-electron chi connectivity index (χ3n) is 4.59. The molecule has 0 saturated carbocycles. The number of nitrogens with one attached hydrogen (secondary N) is 2. The van der Waals surface area contributed by atoms with E-state index in [1.165, 1.54) is 0 Å². The topological polar surface area (TPSA) is 67.2 Å². The number of aromatic nitrogens is 1. The molecule has 1 fully saturated rings. The number of amides is 1. The van der Waals surface area contributed by atoms with Crippen LogP contribution in [0, 0.1) is 12.3 Å². The summed E-state index contributed by atoms with van der Waals surface area (Å²) in [6.07, 6.45) is 3.79. The van der Waals surface area contributed by atoms with E-state index in [2.05, 4.69) is 22.5 Å². The summed E-state index contributed by atoms with van der Waals surface area (Å²) in [6.45, 7) is 6.83. The molecule has 138 valence electrons. The van der Waals surface area contributed by atoms with Gasteiger partial charge in [0.05, 0.1) is 17.5 Å². The first-order chi connectivity index (χ1) is 11.1. The van der Waals surface area contributed by atoms with Crippen LogP contribution in [0.15, 0.2) is 34.9 Å². The predicted molar refractivity (Wildman–Crippen MR) is 104 cm³/mol. The SMILES string of the molecule is Cc1nc(-c2ccco2)ccc1C(=O)NCC1(C)CCNCC1.Cl.Cl. The van der Waals surface area contributed by atoms with E-state index in [0.717, 1.165) is 31.6 Å². The standard InChI is InChI=1S/C18H23N3O2.2ClH/c1-13-14(5-6-15(21-13)16-4-3-11-23-16)17(22)20-12-18(2)7-9-19-10-8-18;;/h3-6,11,19H,7-10,12H2,1-2H3,(H,20,22);2*1H. The normalized spacial score (nSPS) is 15.6. The maximum Gasteiger partial charge on any atom is 0.253 e. The van der Waals surface area contributed by atoms with Crippen molar-refractivity contribution in [3.8, 4) is 11.5 Å². The molecule has 3 rings (SSSR count). The van der Waals surface area contributed by atoms with Crippen molar-refractivity contribution in [2.75, 3.05) is 19.6 Å². The second kappa shape index (κ2) is 9.22. The molecule has 2 N–H and O–H groups in total. The fourth-order valence-corrected chi connectivity index (χ4v) is 2.96. The number of aryl methyl sites for hydroxylation is 1. The molecule has 0 aliphatic carbocycles. The summed E-state index contributed by atoms with van der Waals surface area (Å²) in [5.41, 5.74) is 2.26. The molecule has 2 aromatic rings. The van der Waals surface area contributed by atoms with Gasteiger partial charge in [0.2, 0.25) is 0 Å². The molecule has 1 saturated heterocycles. The van der Waals surface area contributed by atoms with Gasteiger partial charge in [0.1, 0.15) is 5.69 Å². The zero-order valence-corrected chi connectivity index (χ0v) is 16.1. The van der Waals surface area contributed by atoms with Crippen molar-refractivity contribution in [2.45, 2.75) is 26.7 Å². The molecular weight excluding hydrogens is 361 g/mol. The third kappa shape index (κ3) is 5.21. The molecule has 7 heteroatoms. The van der Waals surface area contributed by atoms with E-state index >= 15 is 0 Å². The maximum absolute atomic E-state index is 12.5. The lowest BCUT2D eigenvalue weighted by Crippen LogP contribution is -2.43. The summed E-state index contributed by atoms with van der Waals surface area (Å²) in [6, 6.07) is 7.33. The van der Waals surface area contributed by atoms with Crippen molar-refractivity contribution < 1.29 is 9.21 Å². The van der Waals surface area contributed by atoms with Crippen LogP contribution in [-0.4, -0.2) is 30.5 Å². The Balaban J connectivity index is 0.00000156. The lowest BCUT2D eigenvalue weighted by atomic mass is 9.81. The first kappa shape index (κ1) is 21.5. The number of furan rings is 1. The van der Waals surface area contributed by atoms with Crippen LogP contribution in [0.1, 0.15) is 35.8 Å². The molecular formula is C18H25Cl2N3O2. The third-order valence-corrected chi connectivity index (χ3v) is 4.59. The molecule has 2 aromatic heterocycles. The van der Waals surface area contributed by atoms with Gasteiger partial charge < -0.3 is 15.1 Å². The first-order valence-corrected chi connectivity index (χ1v) is 8.08. The van der Waals surface area contributed by atoms with Crippen molar-refractivity contribution >= 4 is 30.7 Å². The van der Waals surface area contributed by atoms with E-state index in [4.69, 9.17) is 4.42 Å². The number of pyridine rings is 1. The largest absolute Gasteiger partial charge is 0.463 e. The Morgan fingerprint density at radius 3 is 2.60 bits per heavy atom. The smallest absolute Gasteiger partial charge is 0.253 e. The van der Waals surface area contributed by atoms with Crippen LogP contribution in [-0.2, 0) is 0 Å². The molecule has 0 radical (unpaired) electrons. The van der Waals surface area contributed by atoms with Gasteiger partial charge in [0, 0.05) is 6.54 Å². The van der Waals surface area contributed by atoms with Gasteiger partial charge in [-0.15, -0.1) is 24.8 Å². The van der Waals surface area contributed by atoms with E-state index in [1.54, 1.807) is 6.26 Å². The Hall–Kier alpha value is -1.56. The average molecular weight is 386 g/mol. The number of rotatable bonds is 4. The Bertz CT molecular complexity index is 684. The fraction of sp³-hybridized carbons (Fsp3) is 0.444. The molecule has 25 heavy (non-hydrogen) atoms. The van der Waals surface area contributed by atoms with Crippen molar-refractivity contribution in [3.63, 3.8) is 0 Å². The van der Waals surface area contributed by atoms with Crippen molar-refractivity contribution in [2.24, 2.45) is 5.41 Å². The van der Waals surface area contributed by atoms with Crippen LogP contribution in [0.4, 0.5) is 0 Å². The van der Waals surface area contributed by atoms with Crippen LogP contribution in [0.2, 0.25) is 0 Å². The Morgan fingerprint density at radius 2 is 2.00 bits per heavy atom. The highest BCUT2D eigenvalue weighted by atomic mass is 35.5. The number of hydrogen-bond donors (Lipinski definition) is 2. The monoisotopic (exact) mass is 385 g/mol. The molecule has 1 aliphatic rings. The summed E-state index contributed by atoms with van der Waals surface area (Å²) >= 11 is 0. The molecule has 1 amide bonds. The molecule has 1 aliphatic heterocycles. The van der Waals surface area contributed by atoms with E-state index in [1.807, 2.05) is 31.2 Å². The zero-order valence-electron chi connectivity index (χ0n) is 14.5. The van der Waals surface area contributed by atoms with Gasteiger partial charge >= 0.3 is 0 Å². The Labute approximate surface area is 160 Å². The average Bonchev–Trinajstić information content (AvgIpc) is 3.08.